The maximum Gasteiger partial charge on any atom is 0.309 e. The molecule has 5 aliphatic heterocycles. The van der Waals surface area contributed by atoms with Crippen molar-refractivity contribution < 1.29 is 53.4 Å². The zero-order valence-corrected chi connectivity index (χ0v) is 41.7. The maximum atomic E-state index is 14.8. The highest BCUT2D eigenvalue weighted by atomic mass is 16.8. The van der Waals surface area contributed by atoms with Crippen LogP contribution < -0.4 is 5.32 Å². The molecule has 4 saturated heterocycles. The predicted octanol–water partition coefficient (Wildman–Crippen LogP) is 8.92. The van der Waals surface area contributed by atoms with Crippen LogP contribution in [0.15, 0.2) is 36.4 Å². The van der Waals surface area contributed by atoms with Gasteiger partial charge in [0.05, 0.1) is 53.7 Å². The number of carboxylic acid groups (broad SMARTS) is 1. The molecule has 0 radical (unpaired) electrons. The summed E-state index contributed by atoms with van der Waals surface area (Å²) >= 11 is 0. The highest BCUT2D eigenvalue weighted by molar-refractivity contribution is 5.94. The van der Waals surface area contributed by atoms with Crippen molar-refractivity contribution in [2.75, 3.05) is 0 Å². The Kier molecular flexibility index (Phi) is 15.7. The molecule has 4 N–H and O–H groups in total. The Labute approximate surface area is 389 Å². The maximum absolute atomic E-state index is 14.8. The topological polar surface area (TPSA) is 170 Å². The zero-order valence-electron chi connectivity index (χ0n) is 41.7. The van der Waals surface area contributed by atoms with Gasteiger partial charge in [0.2, 0.25) is 0 Å². The average Bonchev–Trinajstić information content (AvgIpc) is 3.60. The number of rotatable bonds is 14. The molecule has 0 aromatic heterocycles. The van der Waals surface area contributed by atoms with Crippen molar-refractivity contribution in [1.29, 1.82) is 0 Å². The summed E-state index contributed by atoms with van der Waals surface area (Å²) in [6.45, 7) is 26.1. The standard InChI is InChI=1S/C53H83NO11/c1-14-38(48(58)59)40-22-17-30(4)45(62-40)34(8)43(55)33(7)44(56)39(15-2)46-31(5)29-32(6)52(63-46)26-23-41(54-47(57)36-18-20-37(21-19-36)49(10,11)12)53(65-52)28-27-50(13,64-53)42-24-25-51(60,16-3)35(9)61-42/h18-21,23,26,30-35,38-43,45-46,55,60H,14-17,22,24-25,27-29H2,1-13H3,(H,54,57)(H,58,59)/t30-,31-,32+,33-,34-,35-,38+,39-,40+,41-,42+,43+,45+,46-,50-,51+,52-,53-/m0/s1. The number of carboxylic acids is 1. The predicted molar refractivity (Wildman–Crippen MR) is 249 cm³/mol. The van der Waals surface area contributed by atoms with Gasteiger partial charge in [-0.1, -0.05) is 94.4 Å². The fourth-order valence-corrected chi connectivity index (χ4v) is 12.0. The normalized spacial score (nSPS) is 40.0. The summed E-state index contributed by atoms with van der Waals surface area (Å²) in [4.78, 5) is 40.9. The lowest BCUT2D eigenvalue weighted by Gasteiger charge is -2.55. The van der Waals surface area contributed by atoms with E-state index in [1.165, 1.54) is 0 Å². The SMILES string of the molecule is CC[C@@H](C(=O)[C@@H](C)[C@@H](O)[C@H](C)[C@@H]1O[C@@H]([C@@H](CC)C(=O)O)CC[C@@H]1C)[C@H]1O[C@]2(C=C[C@H](NC(=O)c3ccc(C(C)(C)C)cc3)[C@]3(CC[C@@](C)([C@H]4CC[C@](O)(CC)[C@H](C)O4)O3)O2)[C@H](C)C[C@@H]1C. The second kappa shape index (κ2) is 19.7. The molecule has 18 atom stereocenters. The first kappa shape index (κ1) is 51.7. The number of nitrogens with one attached hydrogen (secondary N) is 1. The van der Waals surface area contributed by atoms with E-state index in [9.17, 15) is 29.7 Å². The van der Waals surface area contributed by atoms with Gasteiger partial charge in [0, 0.05) is 35.7 Å². The van der Waals surface area contributed by atoms with Crippen LogP contribution in [-0.4, -0.2) is 98.4 Å². The second-order valence-electron chi connectivity index (χ2n) is 22.2. The molecular formula is C53H83NO11. The fraction of sp³-hybridized carbons (Fsp3) is 0.792. The molecule has 12 nitrogen and oxygen atoms in total. The Morgan fingerprint density at radius 1 is 0.862 bits per heavy atom. The first-order valence-electron chi connectivity index (χ1n) is 25.0. The summed E-state index contributed by atoms with van der Waals surface area (Å²) in [5, 5.41) is 36.4. The molecule has 0 aliphatic carbocycles. The Balaban J connectivity index is 1.27. The Hall–Kier alpha value is -2.71. The smallest absolute Gasteiger partial charge is 0.309 e. The molecule has 1 aromatic carbocycles. The number of aliphatic hydroxyl groups excluding tert-OH is 1. The van der Waals surface area contributed by atoms with Crippen molar-refractivity contribution in [3.8, 4) is 0 Å². The lowest BCUT2D eigenvalue weighted by molar-refractivity contribution is -0.397. The van der Waals surface area contributed by atoms with Gasteiger partial charge in [-0.25, -0.2) is 0 Å². The number of amides is 1. The third kappa shape index (κ3) is 10.2. The van der Waals surface area contributed by atoms with Crippen LogP contribution >= 0.6 is 0 Å². The summed E-state index contributed by atoms with van der Waals surface area (Å²) in [6.07, 6.45) is 6.52. The van der Waals surface area contributed by atoms with Crippen molar-refractivity contribution in [3.05, 3.63) is 47.5 Å². The minimum Gasteiger partial charge on any atom is -0.481 e. The lowest BCUT2D eigenvalue weighted by Crippen LogP contribution is -2.65. The number of hydrogen-bond donors (Lipinski definition) is 4. The van der Waals surface area contributed by atoms with Crippen LogP contribution in [0.4, 0.5) is 0 Å². The van der Waals surface area contributed by atoms with E-state index in [4.69, 9.17) is 23.7 Å². The van der Waals surface area contributed by atoms with Crippen LogP contribution in [0.5, 0.6) is 0 Å². The molecule has 0 bridgehead atoms. The minimum atomic E-state index is -1.36. The molecule has 0 unspecified atom stereocenters. The summed E-state index contributed by atoms with van der Waals surface area (Å²) in [7, 11) is 0. The van der Waals surface area contributed by atoms with Crippen molar-refractivity contribution >= 4 is 17.7 Å². The summed E-state index contributed by atoms with van der Waals surface area (Å²) in [5.74, 6) is -6.33. The molecular weight excluding hydrogens is 827 g/mol. The van der Waals surface area contributed by atoms with Gasteiger partial charge in [-0.15, -0.1) is 0 Å². The highest BCUT2D eigenvalue weighted by Crippen LogP contribution is 2.54. The number of carbonyl (C=O) groups excluding carboxylic acids is 2. The van der Waals surface area contributed by atoms with Gasteiger partial charge in [-0.2, -0.15) is 0 Å². The number of ether oxygens (including phenoxy) is 5. The number of aliphatic hydroxyl groups is 2. The van der Waals surface area contributed by atoms with Gasteiger partial charge in [0.25, 0.3) is 5.91 Å². The number of benzene rings is 1. The van der Waals surface area contributed by atoms with Gasteiger partial charge in [-0.05, 0) is 113 Å². The van der Waals surface area contributed by atoms with Crippen molar-refractivity contribution in [3.63, 3.8) is 0 Å². The monoisotopic (exact) mass is 910 g/mol. The second-order valence-corrected chi connectivity index (χ2v) is 22.2. The van der Waals surface area contributed by atoms with E-state index in [0.717, 1.165) is 12.0 Å². The van der Waals surface area contributed by atoms with Crippen LogP contribution in [0, 0.1) is 41.4 Å². The fourth-order valence-electron chi connectivity index (χ4n) is 12.0. The minimum absolute atomic E-state index is 0.0265. The van der Waals surface area contributed by atoms with E-state index in [2.05, 4.69) is 46.9 Å². The quantitative estimate of drug-likeness (QED) is 0.132. The Morgan fingerprint density at radius 2 is 1.52 bits per heavy atom. The molecule has 0 saturated carbocycles. The zero-order chi connectivity index (χ0) is 48.0. The first-order chi connectivity index (χ1) is 30.4. The molecule has 65 heavy (non-hydrogen) atoms. The molecule has 5 aliphatic rings. The molecule has 2 spiro atoms. The number of carbonyl (C=O) groups is 3. The van der Waals surface area contributed by atoms with Crippen LogP contribution in [0.3, 0.4) is 0 Å². The van der Waals surface area contributed by atoms with E-state index in [-0.39, 0.29) is 41.0 Å². The largest absolute Gasteiger partial charge is 0.481 e. The number of Topliss-reactive ketones (excluding diaryl/α,β-unsaturated/α-hetero) is 1. The molecule has 366 valence electrons. The number of aliphatic carboxylic acids is 1. The summed E-state index contributed by atoms with van der Waals surface area (Å²) < 4.78 is 34.8. The van der Waals surface area contributed by atoms with E-state index >= 15 is 0 Å². The molecule has 1 aromatic rings. The van der Waals surface area contributed by atoms with E-state index in [1.54, 1.807) is 6.92 Å². The Bertz CT molecular complexity index is 1860. The first-order valence-corrected chi connectivity index (χ1v) is 25.0. The van der Waals surface area contributed by atoms with Crippen molar-refractivity contribution in [1.82, 2.24) is 5.32 Å². The molecule has 6 rings (SSSR count). The van der Waals surface area contributed by atoms with Crippen LogP contribution in [-0.2, 0) is 38.7 Å². The molecule has 5 heterocycles. The van der Waals surface area contributed by atoms with Crippen LogP contribution in [0.1, 0.15) is 170 Å². The van der Waals surface area contributed by atoms with Crippen LogP contribution in [0.25, 0.3) is 0 Å². The highest BCUT2D eigenvalue weighted by Gasteiger charge is 2.63. The van der Waals surface area contributed by atoms with Gasteiger partial charge in [0.1, 0.15) is 11.8 Å². The third-order valence-corrected chi connectivity index (χ3v) is 16.8. The van der Waals surface area contributed by atoms with Gasteiger partial charge >= 0.3 is 5.97 Å². The molecule has 1 amide bonds. The number of hydrogen-bond acceptors (Lipinski definition) is 10. The van der Waals surface area contributed by atoms with Gasteiger partial charge < -0.3 is 44.3 Å². The van der Waals surface area contributed by atoms with E-state index < -0.39 is 89.0 Å². The van der Waals surface area contributed by atoms with Crippen molar-refractivity contribution in [2.45, 2.75) is 225 Å². The number of ketones is 1. The van der Waals surface area contributed by atoms with Gasteiger partial charge in [0.15, 0.2) is 11.6 Å². The van der Waals surface area contributed by atoms with Crippen molar-refractivity contribution in [2.24, 2.45) is 41.4 Å². The van der Waals surface area contributed by atoms with E-state index in [0.29, 0.717) is 63.4 Å². The lowest BCUT2D eigenvalue weighted by atomic mass is 9.72. The summed E-state index contributed by atoms with van der Waals surface area (Å²) in [5.41, 5.74) is -0.157. The molecule has 4 fully saturated rings. The van der Waals surface area contributed by atoms with Gasteiger partial charge in [-0.3, -0.25) is 14.4 Å². The third-order valence-electron chi connectivity index (χ3n) is 16.8. The van der Waals surface area contributed by atoms with E-state index in [1.807, 2.05) is 78.0 Å². The average molecular weight is 910 g/mol. The summed E-state index contributed by atoms with van der Waals surface area (Å²) in [6, 6.07) is 6.98. The van der Waals surface area contributed by atoms with Crippen LogP contribution in [0.2, 0.25) is 0 Å². The molecule has 12 heteroatoms. The Morgan fingerprint density at radius 3 is 2.11 bits per heavy atom.